The summed E-state index contributed by atoms with van der Waals surface area (Å²) in [6.07, 6.45) is 0.936. The van der Waals surface area contributed by atoms with Gasteiger partial charge in [0.2, 0.25) is 11.8 Å². The van der Waals surface area contributed by atoms with Crippen LogP contribution in [0.2, 0.25) is 0 Å². The molecule has 4 nitrogen and oxygen atoms in total. The van der Waals surface area contributed by atoms with Crippen LogP contribution in [0.5, 0.6) is 11.5 Å². The highest BCUT2D eigenvalue weighted by Gasteiger charge is 2.66. The van der Waals surface area contributed by atoms with Gasteiger partial charge in [-0.1, -0.05) is 62.2 Å². The fourth-order valence-electron chi connectivity index (χ4n) is 5.63. The fraction of sp³-hybridized carbons (Fsp3) is 0.280. The molecule has 0 aromatic heterocycles. The molecule has 2 aliphatic carbocycles. The number of carbonyl (C=O) groups excluding carboxylic acids is 2. The van der Waals surface area contributed by atoms with Gasteiger partial charge >= 0.3 is 0 Å². The number of alkyl halides is 2. The largest absolute Gasteiger partial charge is 0.457 e. The summed E-state index contributed by atoms with van der Waals surface area (Å²) in [5, 5.41) is 2.27. The number of amides is 2. The third-order valence-corrected chi connectivity index (χ3v) is 10.2. The normalized spacial score (nSPS) is 31.5. The highest BCUT2D eigenvalue weighted by atomic mass is 79.9. The molecule has 2 saturated carbocycles. The molecule has 1 heterocycles. The SMILES string of the molecule is O=C1[C@H]2[C@@H]3C[C@@H]([C@@H](Br)[C@H]3Br)[C@@H]2C(=O)N1c1ccc(Oc2ccc3ccccc3c2)cc1. The van der Waals surface area contributed by atoms with Gasteiger partial charge in [-0.3, -0.25) is 14.5 Å². The van der Waals surface area contributed by atoms with E-state index in [9.17, 15) is 9.59 Å². The van der Waals surface area contributed by atoms with Crippen molar-refractivity contribution in [3.8, 4) is 11.5 Å². The molecule has 3 aromatic rings. The van der Waals surface area contributed by atoms with Crippen LogP contribution in [0.3, 0.4) is 0 Å². The summed E-state index contributed by atoms with van der Waals surface area (Å²) in [4.78, 5) is 28.2. The smallest absolute Gasteiger partial charge is 0.238 e. The van der Waals surface area contributed by atoms with E-state index in [0.717, 1.165) is 22.9 Å². The molecule has 1 aliphatic heterocycles. The lowest BCUT2D eigenvalue weighted by atomic mass is 9.81. The highest BCUT2D eigenvalue weighted by molar-refractivity contribution is 9.12. The number of rotatable bonds is 3. The number of ether oxygens (including phenoxy) is 1. The van der Waals surface area contributed by atoms with Gasteiger partial charge in [0.25, 0.3) is 0 Å². The first-order valence-electron chi connectivity index (χ1n) is 10.5. The molecule has 1 saturated heterocycles. The number of imide groups is 1. The summed E-state index contributed by atoms with van der Waals surface area (Å²) in [5.41, 5.74) is 0.618. The summed E-state index contributed by atoms with van der Waals surface area (Å²) < 4.78 is 6.00. The Kier molecular flexibility index (Phi) is 4.51. The summed E-state index contributed by atoms with van der Waals surface area (Å²) in [5.74, 6) is 1.32. The Labute approximate surface area is 196 Å². The number of hydrogen-bond acceptors (Lipinski definition) is 3. The number of carbonyl (C=O) groups is 2. The first-order valence-corrected chi connectivity index (χ1v) is 12.3. The molecule has 3 fully saturated rings. The molecule has 31 heavy (non-hydrogen) atoms. The van der Waals surface area contributed by atoms with Gasteiger partial charge in [-0.25, -0.2) is 0 Å². The van der Waals surface area contributed by atoms with E-state index in [-0.39, 0.29) is 45.1 Å². The predicted molar refractivity (Wildman–Crippen MR) is 127 cm³/mol. The lowest BCUT2D eigenvalue weighted by Crippen LogP contribution is -2.37. The van der Waals surface area contributed by atoms with Crippen LogP contribution in [-0.2, 0) is 9.59 Å². The van der Waals surface area contributed by atoms with Crippen LogP contribution >= 0.6 is 31.9 Å². The second-order valence-corrected chi connectivity index (χ2v) is 10.7. The zero-order valence-electron chi connectivity index (χ0n) is 16.4. The predicted octanol–water partition coefficient (Wildman–Crippen LogP) is 5.91. The summed E-state index contributed by atoms with van der Waals surface area (Å²) >= 11 is 7.46. The van der Waals surface area contributed by atoms with Crippen molar-refractivity contribution in [3.63, 3.8) is 0 Å². The van der Waals surface area contributed by atoms with Crippen LogP contribution in [0, 0.1) is 23.7 Å². The van der Waals surface area contributed by atoms with Gasteiger partial charge in [0.1, 0.15) is 11.5 Å². The minimum atomic E-state index is -0.204. The molecule has 6 heteroatoms. The molecule has 0 radical (unpaired) electrons. The maximum absolute atomic E-state index is 13.2. The molecule has 0 unspecified atom stereocenters. The van der Waals surface area contributed by atoms with E-state index in [1.807, 2.05) is 42.5 Å². The molecule has 0 spiro atoms. The van der Waals surface area contributed by atoms with Crippen molar-refractivity contribution in [2.45, 2.75) is 16.1 Å². The minimum Gasteiger partial charge on any atom is -0.457 e. The van der Waals surface area contributed by atoms with E-state index >= 15 is 0 Å². The van der Waals surface area contributed by atoms with Gasteiger partial charge in [-0.2, -0.15) is 0 Å². The average molecular weight is 541 g/mol. The van der Waals surface area contributed by atoms with Crippen LogP contribution < -0.4 is 9.64 Å². The lowest BCUT2D eigenvalue weighted by molar-refractivity contribution is -0.123. The van der Waals surface area contributed by atoms with E-state index in [1.165, 1.54) is 4.90 Å². The highest BCUT2D eigenvalue weighted by Crippen LogP contribution is 2.60. The third kappa shape index (κ3) is 2.91. The molecule has 6 atom stereocenters. The number of fused-ring (bicyclic) bond motifs is 6. The Morgan fingerprint density at radius 2 is 1.32 bits per heavy atom. The molecule has 3 aromatic carbocycles. The van der Waals surface area contributed by atoms with Gasteiger partial charge in [-0.15, -0.1) is 0 Å². The van der Waals surface area contributed by atoms with Crippen molar-refractivity contribution in [2.75, 3.05) is 4.90 Å². The molecule has 3 aliphatic rings. The van der Waals surface area contributed by atoms with Crippen molar-refractivity contribution < 1.29 is 14.3 Å². The van der Waals surface area contributed by atoms with Crippen LogP contribution in [0.25, 0.3) is 10.8 Å². The standard InChI is InChI=1S/C25H19Br2NO3/c26-22-18-12-19(23(22)27)21-20(18)24(29)28(25(21)30)15-6-9-16(10-7-15)31-17-8-5-13-3-1-2-4-14(13)11-17/h1-11,18-23H,12H2/t18-,19+,20-,21-,22-,23+/m0/s1. The van der Waals surface area contributed by atoms with E-state index in [4.69, 9.17) is 4.74 Å². The molecular weight excluding hydrogens is 522 g/mol. The zero-order chi connectivity index (χ0) is 21.3. The maximum atomic E-state index is 13.2. The molecule has 6 rings (SSSR count). The molecule has 2 amide bonds. The number of hydrogen-bond donors (Lipinski definition) is 0. The Morgan fingerprint density at radius 3 is 1.97 bits per heavy atom. The Balaban J connectivity index is 1.24. The van der Waals surface area contributed by atoms with Crippen LogP contribution in [0.4, 0.5) is 5.69 Å². The quantitative estimate of drug-likeness (QED) is 0.306. The number of benzene rings is 3. The molecular formula is C25H19Br2NO3. The van der Waals surface area contributed by atoms with Crippen LogP contribution in [0.1, 0.15) is 6.42 Å². The third-order valence-electron chi connectivity index (χ3n) is 7.04. The minimum absolute atomic E-state index is 0.0606. The van der Waals surface area contributed by atoms with Gasteiger partial charge in [0.15, 0.2) is 0 Å². The maximum Gasteiger partial charge on any atom is 0.238 e. The van der Waals surface area contributed by atoms with Crippen molar-refractivity contribution in [1.82, 2.24) is 0 Å². The number of nitrogens with zero attached hydrogens (tertiary/aromatic N) is 1. The summed E-state index contributed by atoms with van der Waals surface area (Å²) in [7, 11) is 0. The van der Waals surface area contributed by atoms with Crippen molar-refractivity contribution in [3.05, 3.63) is 66.7 Å². The van der Waals surface area contributed by atoms with Gasteiger partial charge in [-0.05, 0) is 65.4 Å². The second-order valence-electron chi connectivity index (χ2n) is 8.62. The zero-order valence-corrected chi connectivity index (χ0v) is 19.6. The first kappa shape index (κ1) is 19.5. The van der Waals surface area contributed by atoms with Crippen molar-refractivity contribution in [1.29, 1.82) is 0 Å². The van der Waals surface area contributed by atoms with Crippen LogP contribution in [0.15, 0.2) is 66.7 Å². The average Bonchev–Trinajstić information content (AvgIpc) is 3.39. The topological polar surface area (TPSA) is 46.6 Å². The molecule has 2 bridgehead atoms. The Hall–Kier alpha value is -2.18. The van der Waals surface area contributed by atoms with E-state index in [0.29, 0.717) is 11.4 Å². The Bertz CT molecular complexity index is 1180. The second kappa shape index (κ2) is 7.17. The summed E-state index contributed by atoms with van der Waals surface area (Å²) in [6, 6.07) is 21.3. The fourth-order valence-corrected chi connectivity index (χ4v) is 7.51. The van der Waals surface area contributed by atoms with Gasteiger partial charge in [0.05, 0.1) is 17.5 Å². The van der Waals surface area contributed by atoms with Gasteiger partial charge < -0.3 is 4.74 Å². The molecule has 0 N–H and O–H groups in total. The first-order chi connectivity index (χ1) is 15.0. The van der Waals surface area contributed by atoms with E-state index in [1.54, 1.807) is 12.1 Å². The van der Waals surface area contributed by atoms with Gasteiger partial charge in [0, 0.05) is 9.65 Å². The van der Waals surface area contributed by atoms with Crippen molar-refractivity contribution >= 4 is 60.1 Å². The number of anilines is 1. The van der Waals surface area contributed by atoms with Crippen molar-refractivity contribution in [2.24, 2.45) is 23.7 Å². The monoisotopic (exact) mass is 539 g/mol. The van der Waals surface area contributed by atoms with Crippen LogP contribution in [-0.4, -0.2) is 21.5 Å². The Morgan fingerprint density at radius 1 is 0.742 bits per heavy atom. The summed E-state index contributed by atoms with van der Waals surface area (Å²) in [6.45, 7) is 0. The lowest BCUT2D eigenvalue weighted by Gasteiger charge is -2.28. The number of halogens is 2. The van der Waals surface area contributed by atoms with E-state index in [2.05, 4.69) is 44.0 Å². The van der Waals surface area contributed by atoms with E-state index < -0.39 is 0 Å². The molecule has 156 valence electrons.